The van der Waals surface area contributed by atoms with Gasteiger partial charge in [0.15, 0.2) is 0 Å². The normalized spacial score (nSPS) is 13.3. The van der Waals surface area contributed by atoms with E-state index >= 15 is 0 Å². The predicted molar refractivity (Wildman–Crippen MR) is 130 cm³/mol. The van der Waals surface area contributed by atoms with Crippen LogP contribution in [0, 0.1) is 0 Å². The molecular weight excluding hydrogens is 467 g/mol. The largest absolute Gasteiger partial charge is 0.497 e. The second kappa shape index (κ2) is 8.43. The topological polar surface area (TPSA) is 53.2 Å². The smallest absolute Gasteiger partial charge is 0.337 e. The minimum absolute atomic E-state index is 0.264. The van der Waals surface area contributed by atoms with Crippen LogP contribution in [0.4, 0.5) is 0 Å². The molecule has 2 aromatic carbocycles. The number of nitrogens with zero attached hydrogens (tertiary/aromatic N) is 2. The zero-order valence-electron chi connectivity index (χ0n) is 17.4. The molecule has 2 aromatic heterocycles. The summed E-state index contributed by atoms with van der Waals surface area (Å²) in [5.74, 6) is 0.659. The van der Waals surface area contributed by atoms with E-state index in [2.05, 4.69) is 0 Å². The number of hydrogen-bond acceptors (Lipinski definition) is 4. The number of aromatic nitrogens is 2. The minimum atomic E-state index is -0.377. The van der Waals surface area contributed by atoms with Crippen LogP contribution in [0.3, 0.4) is 0 Å². The van der Waals surface area contributed by atoms with Crippen molar-refractivity contribution in [3.8, 4) is 11.4 Å². The lowest BCUT2D eigenvalue weighted by molar-refractivity contribution is 0.414. The second-order valence-corrected chi connectivity index (χ2v) is 9.74. The van der Waals surface area contributed by atoms with Gasteiger partial charge in [0.1, 0.15) is 10.6 Å². The van der Waals surface area contributed by atoms with Crippen molar-refractivity contribution in [3.05, 3.63) is 89.4 Å². The molecular formula is C24H20Cl2N2O3S. The molecule has 1 aliphatic rings. The molecule has 1 aliphatic carbocycles. The Labute approximate surface area is 198 Å². The van der Waals surface area contributed by atoms with Crippen LogP contribution in [0.15, 0.2) is 52.1 Å². The molecule has 0 radical (unpaired) electrons. The fourth-order valence-electron chi connectivity index (χ4n) is 4.29. The number of hydrogen-bond donors (Lipinski definition) is 0. The Morgan fingerprint density at radius 3 is 2.47 bits per heavy atom. The summed E-state index contributed by atoms with van der Waals surface area (Å²) in [5.41, 5.74) is 1.80. The van der Waals surface area contributed by atoms with Gasteiger partial charge in [0.25, 0.3) is 5.56 Å². The summed E-state index contributed by atoms with van der Waals surface area (Å²) in [5, 5.41) is 1.55. The highest BCUT2D eigenvalue weighted by Crippen LogP contribution is 2.35. The molecule has 2 heterocycles. The van der Waals surface area contributed by atoms with Crippen LogP contribution >= 0.6 is 34.5 Å². The van der Waals surface area contributed by atoms with Crippen molar-refractivity contribution in [1.82, 2.24) is 9.13 Å². The van der Waals surface area contributed by atoms with Gasteiger partial charge in [-0.05, 0) is 73.2 Å². The van der Waals surface area contributed by atoms with Crippen LogP contribution in [-0.4, -0.2) is 16.2 Å². The van der Waals surface area contributed by atoms with E-state index in [1.807, 2.05) is 6.07 Å². The van der Waals surface area contributed by atoms with Crippen LogP contribution in [0.5, 0.6) is 5.75 Å². The molecule has 0 saturated carbocycles. The molecule has 8 heteroatoms. The van der Waals surface area contributed by atoms with Crippen LogP contribution < -0.4 is 16.0 Å². The number of thiophene rings is 1. The third-order valence-corrected chi connectivity index (χ3v) is 7.95. The Morgan fingerprint density at radius 1 is 1.00 bits per heavy atom. The quantitative estimate of drug-likeness (QED) is 0.385. The average Bonchev–Trinajstić information content (AvgIpc) is 3.19. The van der Waals surface area contributed by atoms with Crippen molar-refractivity contribution in [3.63, 3.8) is 0 Å². The van der Waals surface area contributed by atoms with E-state index in [9.17, 15) is 9.59 Å². The molecule has 0 saturated heterocycles. The zero-order valence-corrected chi connectivity index (χ0v) is 19.7. The van der Waals surface area contributed by atoms with Gasteiger partial charge in [-0.2, -0.15) is 0 Å². The summed E-state index contributed by atoms with van der Waals surface area (Å²) >= 11 is 13.9. The molecule has 0 unspecified atom stereocenters. The average molecular weight is 487 g/mol. The van der Waals surface area contributed by atoms with E-state index in [0.717, 1.165) is 41.6 Å². The van der Waals surface area contributed by atoms with E-state index in [4.69, 9.17) is 27.9 Å². The first kappa shape index (κ1) is 21.3. The van der Waals surface area contributed by atoms with Gasteiger partial charge in [-0.3, -0.25) is 9.36 Å². The molecule has 5 rings (SSSR count). The van der Waals surface area contributed by atoms with Gasteiger partial charge in [0.2, 0.25) is 0 Å². The molecule has 5 nitrogen and oxygen atoms in total. The first-order valence-electron chi connectivity index (χ1n) is 10.4. The van der Waals surface area contributed by atoms with E-state index in [1.54, 1.807) is 59.4 Å². The summed E-state index contributed by atoms with van der Waals surface area (Å²) in [7, 11) is 1.58. The van der Waals surface area contributed by atoms with Crippen LogP contribution in [0.1, 0.15) is 28.8 Å². The molecule has 0 aliphatic heterocycles. The van der Waals surface area contributed by atoms with Crippen LogP contribution in [-0.2, 0) is 19.4 Å². The fourth-order valence-corrected chi connectivity index (χ4v) is 5.98. The SMILES string of the molecule is COc1ccc(-n2c(=O)c3c4c(sc3n(Cc3ccc(Cl)c(Cl)c3)c2=O)CCCC4)cc1. The molecule has 0 N–H and O–H groups in total. The summed E-state index contributed by atoms with van der Waals surface area (Å²) < 4.78 is 8.18. The van der Waals surface area contributed by atoms with Crippen LogP contribution in [0.25, 0.3) is 15.9 Å². The van der Waals surface area contributed by atoms with Crippen molar-refractivity contribution < 1.29 is 4.74 Å². The van der Waals surface area contributed by atoms with Crippen molar-refractivity contribution in [2.75, 3.05) is 7.11 Å². The molecule has 32 heavy (non-hydrogen) atoms. The third-order valence-electron chi connectivity index (χ3n) is 5.89. The highest BCUT2D eigenvalue weighted by atomic mass is 35.5. The molecule has 0 fully saturated rings. The second-order valence-electron chi connectivity index (χ2n) is 7.85. The number of aryl methyl sites for hydroxylation is 2. The number of benzene rings is 2. The molecule has 164 valence electrons. The van der Waals surface area contributed by atoms with Crippen molar-refractivity contribution in [2.45, 2.75) is 32.2 Å². The summed E-state index contributed by atoms with van der Waals surface area (Å²) in [4.78, 5) is 29.2. The van der Waals surface area contributed by atoms with Gasteiger partial charge in [-0.15, -0.1) is 11.3 Å². The number of fused-ring (bicyclic) bond motifs is 3. The van der Waals surface area contributed by atoms with Crippen molar-refractivity contribution >= 4 is 44.8 Å². The molecule has 0 atom stereocenters. The lowest BCUT2D eigenvalue weighted by Gasteiger charge is -2.14. The van der Waals surface area contributed by atoms with Gasteiger partial charge >= 0.3 is 5.69 Å². The fraction of sp³-hybridized carbons (Fsp3) is 0.250. The Balaban J connectivity index is 1.79. The number of ether oxygens (including phenoxy) is 1. The maximum absolute atomic E-state index is 13.7. The maximum atomic E-state index is 13.7. The Hall–Kier alpha value is -2.54. The number of rotatable bonds is 4. The first-order valence-corrected chi connectivity index (χ1v) is 11.9. The standard InChI is InChI=1S/C24H20Cl2N2O3S/c1-31-16-9-7-15(8-10-16)28-22(29)21-17-4-2-3-5-20(17)32-23(21)27(24(28)30)13-14-6-11-18(25)19(26)12-14/h6-12H,2-5,13H2,1H3. The van der Waals surface area contributed by atoms with Gasteiger partial charge in [-0.25, -0.2) is 9.36 Å². The molecule has 0 bridgehead atoms. The summed E-state index contributed by atoms with van der Waals surface area (Å²) in [6.45, 7) is 0.294. The number of halogens is 2. The highest BCUT2D eigenvalue weighted by Gasteiger charge is 2.24. The Morgan fingerprint density at radius 2 is 1.75 bits per heavy atom. The lowest BCUT2D eigenvalue weighted by Crippen LogP contribution is -2.39. The molecule has 4 aromatic rings. The highest BCUT2D eigenvalue weighted by molar-refractivity contribution is 7.18. The van der Waals surface area contributed by atoms with Gasteiger partial charge in [-0.1, -0.05) is 29.3 Å². The van der Waals surface area contributed by atoms with Crippen molar-refractivity contribution in [2.24, 2.45) is 0 Å². The van der Waals surface area contributed by atoms with Gasteiger partial charge < -0.3 is 4.74 Å². The van der Waals surface area contributed by atoms with Gasteiger partial charge in [0, 0.05) is 4.88 Å². The minimum Gasteiger partial charge on any atom is -0.497 e. The zero-order chi connectivity index (χ0) is 22.4. The van der Waals surface area contributed by atoms with E-state index in [-0.39, 0.29) is 11.2 Å². The van der Waals surface area contributed by atoms with Crippen molar-refractivity contribution in [1.29, 1.82) is 0 Å². The Bertz CT molecular complexity index is 1450. The monoisotopic (exact) mass is 486 g/mol. The number of methoxy groups -OCH3 is 1. The first-order chi connectivity index (χ1) is 15.5. The lowest BCUT2D eigenvalue weighted by atomic mass is 9.97. The molecule has 0 spiro atoms. The predicted octanol–water partition coefficient (Wildman–Crippen LogP) is 5.46. The summed E-state index contributed by atoms with van der Waals surface area (Å²) in [6.07, 6.45) is 3.95. The molecule has 0 amide bonds. The summed E-state index contributed by atoms with van der Waals surface area (Å²) in [6, 6.07) is 12.3. The third kappa shape index (κ3) is 3.56. The van der Waals surface area contributed by atoms with E-state index in [0.29, 0.717) is 33.4 Å². The Kier molecular flexibility index (Phi) is 5.61. The maximum Gasteiger partial charge on any atom is 0.337 e. The van der Waals surface area contributed by atoms with Gasteiger partial charge in [0.05, 0.1) is 34.8 Å². The van der Waals surface area contributed by atoms with E-state index in [1.165, 1.54) is 9.44 Å². The van der Waals surface area contributed by atoms with Crippen LogP contribution in [0.2, 0.25) is 10.0 Å². The van der Waals surface area contributed by atoms with E-state index < -0.39 is 0 Å².